The molecule has 0 saturated carbocycles. The fourth-order valence-corrected chi connectivity index (χ4v) is 1.45. The van der Waals surface area contributed by atoms with Crippen LogP contribution in [0, 0.1) is 6.92 Å². The molecule has 2 amide bonds. The molecule has 0 aromatic carbocycles. The number of aryl methyl sites for hydroxylation is 1. The van der Waals surface area contributed by atoms with Gasteiger partial charge in [-0.2, -0.15) is 5.10 Å². The van der Waals surface area contributed by atoms with E-state index in [1.807, 2.05) is 6.92 Å². The van der Waals surface area contributed by atoms with Gasteiger partial charge in [0.1, 0.15) is 18.4 Å². The van der Waals surface area contributed by atoms with Crippen LogP contribution in [0.4, 0.5) is 10.6 Å². The molecule has 0 aliphatic heterocycles. The molecule has 1 atom stereocenters. The standard InChI is InChI=1S/C10H14N6O2/c1-7(4-16-6-11-5-12-16)13-10(17)14-9-3-8(2)18-15-9/h3,5-7H,4H2,1-2H3,(H2,13,14,15,17). The number of rotatable bonds is 4. The first-order valence-corrected chi connectivity index (χ1v) is 5.47. The molecule has 0 aliphatic rings. The van der Waals surface area contributed by atoms with E-state index in [2.05, 4.69) is 25.9 Å². The van der Waals surface area contributed by atoms with Crippen molar-refractivity contribution < 1.29 is 9.32 Å². The number of aromatic nitrogens is 4. The minimum atomic E-state index is -0.337. The van der Waals surface area contributed by atoms with E-state index >= 15 is 0 Å². The Hall–Kier alpha value is -2.38. The lowest BCUT2D eigenvalue weighted by molar-refractivity contribution is 0.247. The van der Waals surface area contributed by atoms with Gasteiger partial charge in [0.2, 0.25) is 0 Å². The number of carbonyl (C=O) groups is 1. The first kappa shape index (κ1) is 12.1. The number of hydrogen-bond donors (Lipinski definition) is 2. The van der Waals surface area contributed by atoms with Crippen molar-refractivity contribution in [3.63, 3.8) is 0 Å². The summed E-state index contributed by atoms with van der Waals surface area (Å²) in [5, 5.41) is 13.0. The van der Waals surface area contributed by atoms with Gasteiger partial charge in [0.05, 0.1) is 6.54 Å². The monoisotopic (exact) mass is 250 g/mol. The highest BCUT2D eigenvalue weighted by molar-refractivity contribution is 5.88. The first-order chi connectivity index (χ1) is 8.63. The van der Waals surface area contributed by atoms with Gasteiger partial charge < -0.3 is 9.84 Å². The van der Waals surface area contributed by atoms with E-state index in [1.165, 1.54) is 6.33 Å². The lowest BCUT2D eigenvalue weighted by Gasteiger charge is -2.13. The van der Waals surface area contributed by atoms with E-state index in [4.69, 9.17) is 4.52 Å². The lowest BCUT2D eigenvalue weighted by atomic mass is 10.3. The van der Waals surface area contributed by atoms with Crippen LogP contribution in [0.2, 0.25) is 0 Å². The summed E-state index contributed by atoms with van der Waals surface area (Å²) in [7, 11) is 0. The molecule has 2 rings (SSSR count). The summed E-state index contributed by atoms with van der Waals surface area (Å²) in [6, 6.07) is 1.22. The molecule has 18 heavy (non-hydrogen) atoms. The van der Waals surface area contributed by atoms with Crippen LogP contribution in [0.3, 0.4) is 0 Å². The van der Waals surface area contributed by atoms with Crippen LogP contribution in [0.15, 0.2) is 23.2 Å². The molecule has 0 spiro atoms. The van der Waals surface area contributed by atoms with Gasteiger partial charge in [-0.15, -0.1) is 0 Å². The molecule has 8 heteroatoms. The number of anilines is 1. The van der Waals surface area contributed by atoms with Gasteiger partial charge in [-0.05, 0) is 13.8 Å². The Balaban J connectivity index is 1.80. The van der Waals surface area contributed by atoms with E-state index in [0.29, 0.717) is 18.1 Å². The number of carbonyl (C=O) groups excluding carboxylic acids is 1. The van der Waals surface area contributed by atoms with Crippen LogP contribution in [0.1, 0.15) is 12.7 Å². The Kier molecular flexibility index (Phi) is 3.56. The van der Waals surface area contributed by atoms with E-state index in [9.17, 15) is 4.79 Å². The Morgan fingerprint density at radius 2 is 2.44 bits per heavy atom. The third-order valence-electron chi connectivity index (χ3n) is 2.17. The molecule has 2 aromatic rings. The number of hydrogen-bond acceptors (Lipinski definition) is 5. The fraction of sp³-hybridized carbons (Fsp3) is 0.400. The van der Waals surface area contributed by atoms with Gasteiger partial charge in [0, 0.05) is 12.1 Å². The van der Waals surface area contributed by atoms with Gasteiger partial charge in [0.25, 0.3) is 0 Å². The maximum Gasteiger partial charge on any atom is 0.320 e. The molecule has 0 aliphatic carbocycles. The summed E-state index contributed by atoms with van der Waals surface area (Å²) < 4.78 is 6.48. The second-order valence-corrected chi connectivity index (χ2v) is 3.94. The zero-order valence-corrected chi connectivity index (χ0v) is 10.1. The summed E-state index contributed by atoms with van der Waals surface area (Å²) in [4.78, 5) is 15.4. The maximum absolute atomic E-state index is 11.6. The SMILES string of the molecule is Cc1cc(NC(=O)NC(C)Cn2cncn2)no1. The van der Waals surface area contributed by atoms with Crippen molar-refractivity contribution >= 4 is 11.8 Å². The first-order valence-electron chi connectivity index (χ1n) is 5.47. The van der Waals surface area contributed by atoms with Crippen LogP contribution in [-0.4, -0.2) is 32.0 Å². The van der Waals surface area contributed by atoms with Crippen molar-refractivity contribution in [1.82, 2.24) is 25.2 Å². The van der Waals surface area contributed by atoms with Crippen molar-refractivity contribution in [1.29, 1.82) is 0 Å². The smallest absolute Gasteiger partial charge is 0.320 e. The van der Waals surface area contributed by atoms with Crippen molar-refractivity contribution in [2.45, 2.75) is 26.4 Å². The summed E-state index contributed by atoms with van der Waals surface area (Å²) in [5.74, 6) is 1.03. The lowest BCUT2D eigenvalue weighted by Crippen LogP contribution is -2.38. The number of nitrogens with one attached hydrogen (secondary N) is 2. The topological polar surface area (TPSA) is 97.9 Å². The van der Waals surface area contributed by atoms with Crippen molar-refractivity contribution in [3.8, 4) is 0 Å². The van der Waals surface area contributed by atoms with Crippen molar-refractivity contribution in [3.05, 3.63) is 24.5 Å². The average Bonchev–Trinajstić information content (AvgIpc) is 2.90. The van der Waals surface area contributed by atoms with Gasteiger partial charge in [-0.3, -0.25) is 10.00 Å². The Labute approximate surface area is 103 Å². The van der Waals surface area contributed by atoms with Crippen molar-refractivity contribution in [2.75, 3.05) is 5.32 Å². The van der Waals surface area contributed by atoms with Crippen LogP contribution in [0.25, 0.3) is 0 Å². The van der Waals surface area contributed by atoms with Gasteiger partial charge in [0.15, 0.2) is 5.82 Å². The highest BCUT2D eigenvalue weighted by Gasteiger charge is 2.10. The van der Waals surface area contributed by atoms with Crippen LogP contribution in [0.5, 0.6) is 0 Å². The number of urea groups is 1. The molecule has 0 fully saturated rings. The molecule has 2 aromatic heterocycles. The quantitative estimate of drug-likeness (QED) is 0.835. The molecule has 1 unspecified atom stereocenters. The van der Waals surface area contributed by atoms with Crippen LogP contribution in [-0.2, 0) is 6.54 Å². The highest BCUT2D eigenvalue weighted by atomic mass is 16.5. The van der Waals surface area contributed by atoms with E-state index in [1.54, 1.807) is 24.0 Å². The molecule has 0 saturated heterocycles. The van der Waals surface area contributed by atoms with Crippen LogP contribution >= 0.6 is 0 Å². The molecular formula is C10H14N6O2. The largest absolute Gasteiger partial charge is 0.360 e. The predicted molar refractivity (Wildman–Crippen MR) is 62.9 cm³/mol. The minimum absolute atomic E-state index is 0.0836. The summed E-state index contributed by atoms with van der Waals surface area (Å²) in [6.07, 6.45) is 3.04. The maximum atomic E-state index is 11.6. The zero-order chi connectivity index (χ0) is 13.0. The Morgan fingerprint density at radius 1 is 1.61 bits per heavy atom. The van der Waals surface area contributed by atoms with Crippen molar-refractivity contribution in [2.24, 2.45) is 0 Å². The second-order valence-electron chi connectivity index (χ2n) is 3.94. The van der Waals surface area contributed by atoms with E-state index in [-0.39, 0.29) is 12.1 Å². The van der Waals surface area contributed by atoms with Crippen LogP contribution < -0.4 is 10.6 Å². The third kappa shape index (κ3) is 3.30. The summed E-state index contributed by atoms with van der Waals surface area (Å²) >= 11 is 0. The normalized spacial score (nSPS) is 12.1. The number of nitrogens with zero attached hydrogens (tertiary/aromatic N) is 4. The fourth-order valence-electron chi connectivity index (χ4n) is 1.45. The Bertz CT molecular complexity index is 506. The highest BCUT2D eigenvalue weighted by Crippen LogP contribution is 2.06. The second kappa shape index (κ2) is 5.30. The molecule has 2 heterocycles. The van der Waals surface area contributed by atoms with E-state index in [0.717, 1.165) is 0 Å². The minimum Gasteiger partial charge on any atom is -0.360 e. The Morgan fingerprint density at radius 3 is 3.06 bits per heavy atom. The molecule has 8 nitrogen and oxygen atoms in total. The molecule has 2 N–H and O–H groups in total. The summed E-state index contributed by atoms with van der Waals surface area (Å²) in [5.41, 5.74) is 0. The van der Waals surface area contributed by atoms with E-state index < -0.39 is 0 Å². The average molecular weight is 250 g/mol. The molecule has 0 bridgehead atoms. The van der Waals surface area contributed by atoms with Gasteiger partial charge in [-0.1, -0.05) is 5.16 Å². The predicted octanol–water partition coefficient (Wildman–Crippen LogP) is 0.785. The zero-order valence-electron chi connectivity index (χ0n) is 10.1. The summed E-state index contributed by atoms with van der Waals surface area (Å²) in [6.45, 7) is 4.17. The van der Waals surface area contributed by atoms with Gasteiger partial charge >= 0.3 is 6.03 Å². The molecule has 0 radical (unpaired) electrons. The number of amides is 2. The van der Waals surface area contributed by atoms with Gasteiger partial charge in [-0.25, -0.2) is 9.78 Å². The molecule has 96 valence electrons. The third-order valence-corrected chi connectivity index (χ3v) is 2.17. The molecular weight excluding hydrogens is 236 g/mol.